The van der Waals surface area contributed by atoms with Gasteiger partial charge in [-0.3, -0.25) is 9.89 Å². The fourth-order valence-electron chi connectivity index (χ4n) is 3.42. The minimum atomic E-state index is 0.498. The number of likely N-dealkylation sites (tertiary alicyclic amines) is 1. The molecule has 28 heavy (non-hydrogen) atoms. The number of nitrogens with one attached hydrogen (secondary N) is 2. The van der Waals surface area contributed by atoms with Crippen LogP contribution in [0.1, 0.15) is 37.8 Å². The van der Waals surface area contributed by atoms with Gasteiger partial charge in [0.05, 0.1) is 6.61 Å². The highest BCUT2D eigenvalue weighted by molar-refractivity contribution is 5.79. The zero-order valence-electron chi connectivity index (χ0n) is 18.3. The summed E-state index contributed by atoms with van der Waals surface area (Å²) in [6.07, 6.45) is 2.60. The van der Waals surface area contributed by atoms with Gasteiger partial charge in [-0.25, -0.2) is 0 Å². The predicted octanol–water partition coefficient (Wildman–Crippen LogP) is 2.81. The van der Waals surface area contributed by atoms with E-state index in [1.807, 2.05) is 7.05 Å². The average Bonchev–Trinajstić information content (AvgIpc) is 2.70. The Morgan fingerprint density at radius 3 is 2.68 bits per heavy atom. The summed E-state index contributed by atoms with van der Waals surface area (Å²) in [5.74, 6) is 2.58. The van der Waals surface area contributed by atoms with Crippen molar-refractivity contribution in [3.63, 3.8) is 0 Å². The standard InChI is InChI=1S/C22H38N4O2/c1-17-8-10-26(11-9-17)19(3)15-24-22(23-4)25-16-20-7-6-18(2)14-21(20)28-13-12-27-5/h6-7,14,17,19H,8-13,15-16H2,1-5H3,(H2,23,24,25). The van der Waals surface area contributed by atoms with E-state index in [0.717, 1.165) is 29.7 Å². The zero-order chi connectivity index (χ0) is 20.4. The summed E-state index contributed by atoms with van der Waals surface area (Å²) in [7, 11) is 3.50. The highest BCUT2D eigenvalue weighted by atomic mass is 16.5. The Morgan fingerprint density at radius 2 is 2.00 bits per heavy atom. The maximum Gasteiger partial charge on any atom is 0.191 e. The molecule has 6 nitrogen and oxygen atoms in total. The van der Waals surface area contributed by atoms with E-state index in [1.54, 1.807) is 7.11 Å². The van der Waals surface area contributed by atoms with Gasteiger partial charge in [0, 0.05) is 38.9 Å². The molecule has 0 amide bonds. The van der Waals surface area contributed by atoms with Crippen LogP contribution < -0.4 is 15.4 Å². The Morgan fingerprint density at radius 1 is 1.25 bits per heavy atom. The number of ether oxygens (including phenoxy) is 2. The van der Waals surface area contributed by atoms with Crippen molar-refractivity contribution in [3.05, 3.63) is 29.3 Å². The van der Waals surface area contributed by atoms with Crippen LogP contribution in [-0.2, 0) is 11.3 Å². The van der Waals surface area contributed by atoms with Crippen LogP contribution in [0.3, 0.4) is 0 Å². The highest BCUT2D eigenvalue weighted by Gasteiger charge is 2.20. The minimum absolute atomic E-state index is 0.498. The monoisotopic (exact) mass is 390 g/mol. The molecular weight excluding hydrogens is 352 g/mol. The number of methoxy groups -OCH3 is 1. The van der Waals surface area contributed by atoms with Gasteiger partial charge in [0.1, 0.15) is 12.4 Å². The molecule has 0 spiro atoms. The van der Waals surface area contributed by atoms with Gasteiger partial charge >= 0.3 is 0 Å². The summed E-state index contributed by atoms with van der Waals surface area (Å²) in [5, 5.41) is 6.88. The molecule has 1 heterocycles. The summed E-state index contributed by atoms with van der Waals surface area (Å²) in [5.41, 5.74) is 2.30. The summed E-state index contributed by atoms with van der Waals surface area (Å²) in [6, 6.07) is 6.78. The molecule has 1 aliphatic rings. The fourth-order valence-corrected chi connectivity index (χ4v) is 3.42. The van der Waals surface area contributed by atoms with Crippen LogP contribution in [-0.4, -0.2) is 63.9 Å². The van der Waals surface area contributed by atoms with E-state index in [4.69, 9.17) is 9.47 Å². The minimum Gasteiger partial charge on any atom is -0.491 e. The predicted molar refractivity (Wildman–Crippen MR) is 116 cm³/mol. The average molecular weight is 391 g/mol. The second kappa shape index (κ2) is 11.9. The molecule has 1 aromatic carbocycles. The molecular formula is C22H38N4O2. The third kappa shape index (κ3) is 7.32. The number of nitrogens with zero attached hydrogens (tertiary/aromatic N) is 2. The van der Waals surface area contributed by atoms with Crippen molar-refractivity contribution < 1.29 is 9.47 Å². The van der Waals surface area contributed by atoms with E-state index < -0.39 is 0 Å². The third-order valence-corrected chi connectivity index (χ3v) is 5.44. The molecule has 0 bridgehead atoms. The molecule has 158 valence electrons. The van der Waals surface area contributed by atoms with E-state index in [1.165, 1.54) is 31.5 Å². The number of hydrogen-bond donors (Lipinski definition) is 2. The van der Waals surface area contributed by atoms with E-state index >= 15 is 0 Å². The first-order valence-corrected chi connectivity index (χ1v) is 10.4. The molecule has 0 aliphatic carbocycles. The summed E-state index contributed by atoms with van der Waals surface area (Å²) in [4.78, 5) is 6.94. The first-order valence-electron chi connectivity index (χ1n) is 10.4. The van der Waals surface area contributed by atoms with Gasteiger partial charge in [0.15, 0.2) is 5.96 Å². The van der Waals surface area contributed by atoms with Crippen molar-refractivity contribution >= 4 is 5.96 Å². The topological polar surface area (TPSA) is 58.1 Å². The highest BCUT2D eigenvalue weighted by Crippen LogP contribution is 2.20. The maximum absolute atomic E-state index is 5.88. The summed E-state index contributed by atoms with van der Waals surface area (Å²) < 4.78 is 11.0. The van der Waals surface area contributed by atoms with Crippen molar-refractivity contribution in [2.24, 2.45) is 10.9 Å². The Kier molecular flexibility index (Phi) is 9.58. The normalized spacial score (nSPS) is 17.4. The van der Waals surface area contributed by atoms with Crippen molar-refractivity contribution in [2.45, 2.75) is 46.2 Å². The molecule has 6 heteroatoms. The van der Waals surface area contributed by atoms with Gasteiger partial charge in [-0.2, -0.15) is 0 Å². The quantitative estimate of drug-likeness (QED) is 0.386. The molecule has 1 atom stereocenters. The first kappa shape index (κ1) is 22.5. The van der Waals surface area contributed by atoms with Crippen LogP contribution in [0.5, 0.6) is 5.75 Å². The lowest BCUT2D eigenvalue weighted by Crippen LogP contribution is -2.48. The molecule has 2 N–H and O–H groups in total. The Hall–Kier alpha value is -1.79. The number of hydrogen-bond acceptors (Lipinski definition) is 4. The van der Waals surface area contributed by atoms with E-state index in [2.05, 4.69) is 59.5 Å². The molecule has 0 saturated carbocycles. The third-order valence-electron chi connectivity index (χ3n) is 5.44. The number of piperidine rings is 1. The van der Waals surface area contributed by atoms with Crippen LogP contribution in [0.2, 0.25) is 0 Å². The zero-order valence-corrected chi connectivity index (χ0v) is 18.3. The van der Waals surface area contributed by atoms with Crippen LogP contribution in [0.25, 0.3) is 0 Å². The van der Waals surface area contributed by atoms with Crippen molar-refractivity contribution in [1.82, 2.24) is 15.5 Å². The SMILES string of the molecule is CN=C(NCc1ccc(C)cc1OCCOC)NCC(C)N1CCC(C)CC1. The van der Waals surface area contributed by atoms with Crippen LogP contribution >= 0.6 is 0 Å². The Bertz CT molecular complexity index is 613. The smallest absolute Gasteiger partial charge is 0.191 e. The lowest BCUT2D eigenvalue weighted by molar-refractivity contribution is 0.145. The molecule has 1 aliphatic heterocycles. The van der Waals surface area contributed by atoms with Gasteiger partial charge in [0.2, 0.25) is 0 Å². The van der Waals surface area contributed by atoms with Crippen LogP contribution in [0.15, 0.2) is 23.2 Å². The number of guanidine groups is 1. The largest absolute Gasteiger partial charge is 0.491 e. The summed E-state index contributed by atoms with van der Waals surface area (Å²) >= 11 is 0. The van der Waals surface area contributed by atoms with E-state index in [0.29, 0.717) is 25.8 Å². The number of rotatable bonds is 9. The van der Waals surface area contributed by atoms with Gasteiger partial charge in [0.25, 0.3) is 0 Å². The van der Waals surface area contributed by atoms with Gasteiger partial charge in [-0.15, -0.1) is 0 Å². The fraction of sp³-hybridized carbons (Fsp3) is 0.682. The lowest BCUT2D eigenvalue weighted by atomic mass is 9.98. The van der Waals surface area contributed by atoms with E-state index in [-0.39, 0.29) is 0 Å². The molecule has 2 rings (SSSR count). The van der Waals surface area contributed by atoms with E-state index in [9.17, 15) is 0 Å². The van der Waals surface area contributed by atoms with Crippen molar-refractivity contribution in [3.8, 4) is 5.75 Å². The summed E-state index contributed by atoms with van der Waals surface area (Å²) in [6.45, 7) is 11.8. The lowest BCUT2D eigenvalue weighted by Gasteiger charge is -2.35. The van der Waals surface area contributed by atoms with Gasteiger partial charge in [-0.05, 0) is 57.3 Å². The molecule has 1 aromatic rings. The second-order valence-corrected chi connectivity index (χ2v) is 7.83. The maximum atomic E-state index is 5.88. The second-order valence-electron chi connectivity index (χ2n) is 7.83. The molecule has 1 saturated heterocycles. The Labute approximate surface area is 170 Å². The van der Waals surface area contributed by atoms with Crippen molar-refractivity contribution in [1.29, 1.82) is 0 Å². The van der Waals surface area contributed by atoms with Crippen molar-refractivity contribution in [2.75, 3.05) is 47.0 Å². The molecule has 0 radical (unpaired) electrons. The van der Waals surface area contributed by atoms with Gasteiger partial charge < -0.3 is 20.1 Å². The van der Waals surface area contributed by atoms with Crippen LogP contribution in [0.4, 0.5) is 0 Å². The molecule has 1 unspecified atom stereocenters. The molecule has 0 aromatic heterocycles. The number of aliphatic imine (C=N–C) groups is 1. The molecule has 1 fully saturated rings. The number of benzene rings is 1. The Balaban J connectivity index is 1.83. The number of aryl methyl sites for hydroxylation is 1. The first-order chi connectivity index (χ1) is 13.5. The van der Waals surface area contributed by atoms with Gasteiger partial charge in [-0.1, -0.05) is 19.1 Å². The van der Waals surface area contributed by atoms with Crippen LogP contribution in [0, 0.1) is 12.8 Å².